The van der Waals surface area contributed by atoms with Crippen LogP contribution in [0.15, 0.2) is 24.3 Å². The van der Waals surface area contributed by atoms with Crippen LogP contribution in [0.3, 0.4) is 0 Å². The number of nitrogens with one attached hydrogen (secondary N) is 3. The Morgan fingerprint density at radius 1 is 1.22 bits per heavy atom. The fraction of sp³-hybridized carbons (Fsp3) is 0.630. The fourth-order valence-corrected chi connectivity index (χ4v) is 5.75. The van der Waals surface area contributed by atoms with Gasteiger partial charge in [0.2, 0.25) is 17.7 Å². The molecule has 2 aliphatic heterocycles. The molecule has 5 atom stereocenters. The summed E-state index contributed by atoms with van der Waals surface area (Å²) in [4.78, 5) is 51.5. The second-order valence-electron chi connectivity index (χ2n) is 11.5. The van der Waals surface area contributed by atoms with Crippen molar-refractivity contribution in [3.05, 3.63) is 35.4 Å². The Hall–Kier alpha value is -2.44. The van der Waals surface area contributed by atoms with E-state index >= 15 is 0 Å². The van der Waals surface area contributed by atoms with Gasteiger partial charge in [0, 0.05) is 37.9 Å². The van der Waals surface area contributed by atoms with E-state index in [4.69, 9.17) is 4.74 Å². The van der Waals surface area contributed by atoms with E-state index in [1.165, 1.54) is 17.0 Å². The minimum Gasteiger partial charge on any atom is -0.746 e. The van der Waals surface area contributed by atoms with Gasteiger partial charge in [-0.2, -0.15) is 13.2 Å². The van der Waals surface area contributed by atoms with E-state index in [1.807, 2.05) is 0 Å². The maximum atomic E-state index is 13.1. The van der Waals surface area contributed by atoms with Gasteiger partial charge in [-0.05, 0) is 42.9 Å². The van der Waals surface area contributed by atoms with Crippen LogP contribution in [0.5, 0.6) is 0 Å². The van der Waals surface area contributed by atoms with Crippen LogP contribution >= 0.6 is 0 Å². The molecule has 45 heavy (non-hydrogen) atoms. The first kappa shape index (κ1) is 38.7. The number of hydrogen-bond acceptors (Lipinski definition) is 9. The van der Waals surface area contributed by atoms with Gasteiger partial charge in [-0.1, -0.05) is 26.0 Å². The number of alkyl carbamates (subject to hydrolysis) is 1. The molecule has 246 valence electrons. The van der Waals surface area contributed by atoms with Gasteiger partial charge in [-0.25, -0.2) is 13.2 Å². The molecule has 2 unspecified atom stereocenters. The fourth-order valence-electron chi connectivity index (χ4n) is 5.17. The molecule has 0 radical (unpaired) electrons. The van der Waals surface area contributed by atoms with Crippen LogP contribution in [0.25, 0.3) is 0 Å². The Bertz CT molecular complexity index is 1330. The van der Waals surface area contributed by atoms with Gasteiger partial charge in [0.05, 0.1) is 18.2 Å². The second-order valence-corrected chi connectivity index (χ2v) is 12.9. The molecule has 1 aromatic carbocycles. The molecule has 2 fully saturated rings. The number of halogens is 3. The monoisotopic (exact) mass is 672 g/mol. The predicted octanol–water partition coefficient (Wildman–Crippen LogP) is -1.93. The summed E-state index contributed by atoms with van der Waals surface area (Å²) in [6, 6.07) is 1.72. The first-order valence-corrected chi connectivity index (χ1v) is 15.5. The molecule has 0 saturated carbocycles. The van der Waals surface area contributed by atoms with Gasteiger partial charge in [0.1, 0.15) is 16.2 Å². The van der Waals surface area contributed by atoms with Crippen molar-refractivity contribution in [2.45, 2.75) is 69.8 Å². The van der Waals surface area contributed by atoms with E-state index in [0.717, 1.165) is 12.1 Å². The molecule has 0 aliphatic carbocycles. The number of aliphatic hydroxyl groups excluding tert-OH is 1. The van der Waals surface area contributed by atoms with Crippen molar-refractivity contribution in [3.63, 3.8) is 0 Å². The third-order valence-corrected chi connectivity index (χ3v) is 8.28. The molecule has 0 spiro atoms. The Kier molecular flexibility index (Phi) is 14.1. The zero-order chi connectivity index (χ0) is 32.8. The summed E-state index contributed by atoms with van der Waals surface area (Å²) in [7, 11) is -5.27. The van der Waals surface area contributed by atoms with Crippen molar-refractivity contribution in [2.75, 3.05) is 19.7 Å². The molecule has 4 amide bonds. The maximum Gasteiger partial charge on any atom is 1.00 e. The molecule has 2 aliphatic rings. The number of likely N-dealkylation sites (tertiary alicyclic amines) is 1. The van der Waals surface area contributed by atoms with Gasteiger partial charge in [0.15, 0.2) is 5.44 Å². The minimum absolute atomic E-state index is 0. The Labute approximate surface area is 281 Å². The summed E-state index contributed by atoms with van der Waals surface area (Å²) in [5.41, 5.74) is -3.08. The predicted molar refractivity (Wildman–Crippen MR) is 146 cm³/mol. The Morgan fingerprint density at radius 2 is 1.91 bits per heavy atom. The molecule has 2 heterocycles. The quantitative estimate of drug-likeness (QED) is 0.136. The molecule has 4 N–H and O–H groups in total. The van der Waals surface area contributed by atoms with E-state index in [0.29, 0.717) is 13.0 Å². The molecule has 0 aromatic heterocycles. The third kappa shape index (κ3) is 11.7. The Morgan fingerprint density at radius 3 is 2.49 bits per heavy atom. The number of rotatable bonds is 13. The molecule has 3 rings (SSSR count). The summed E-state index contributed by atoms with van der Waals surface area (Å²) < 4.78 is 78.9. The SMILES string of the molecule is CC(C)C[C@H](NC(=O)OCC1CC(=O)N(Cc2cccc(C(F)(F)F)c2)C1)C(=O)N[C@@H](C[C@@H]1CCNC1=O)C(O)S(=O)(=O)[O-].[Na+]. The van der Waals surface area contributed by atoms with Crippen molar-refractivity contribution in [1.82, 2.24) is 20.9 Å². The first-order chi connectivity index (χ1) is 20.4. The van der Waals surface area contributed by atoms with Crippen molar-refractivity contribution in [3.8, 4) is 0 Å². The van der Waals surface area contributed by atoms with Crippen molar-refractivity contribution >= 4 is 33.9 Å². The summed E-state index contributed by atoms with van der Waals surface area (Å²) in [6.45, 7) is 3.62. The molecule has 2 saturated heterocycles. The number of hydrogen-bond donors (Lipinski definition) is 4. The normalized spacial score (nSPS) is 20.7. The number of nitrogens with zero attached hydrogens (tertiary/aromatic N) is 1. The standard InChI is InChI=1S/C27H37F3N4O9S.Na/c1-15(2)8-20(24(37)32-21(25(38)44(40,41)42)11-18-6-7-31-23(18)36)33-26(39)43-14-17-10-22(35)34(13-17)12-16-4-3-5-19(9-16)27(28,29)30;/h3-5,9,15,17-18,20-21,25,38H,6-8,10-14H2,1-2H3,(H,31,36)(H,32,37)(H,33,39)(H,40,41,42);/q;+1/p-1/t17?,18-,20-,21-,25?;/m0./s1. The third-order valence-electron chi connectivity index (χ3n) is 7.36. The number of carbonyl (C=O) groups excluding carboxylic acids is 4. The summed E-state index contributed by atoms with van der Waals surface area (Å²) in [5, 5.41) is 17.3. The summed E-state index contributed by atoms with van der Waals surface area (Å²) in [5.74, 6) is -3.03. The molecular weight excluding hydrogens is 636 g/mol. The molecule has 0 bridgehead atoms. The largest absolute Gasteiger partial charge is 1.00 e. The molecule has 18 heteroatoms. The number of aliphatic hydroxyl groups is 1. The van der Waals surface area contributed by atoms with Crippen LogP contribution < -0.4 is 45.5 Å². The minimum atomic E-state index is -5.27. The topological polar surface area (TPSA) is 194 Å². The van der Waals surface area contributed by atoms with Crippen molar-refractivity contribution in [2.24, 2.45) is 17.8 Å². The van der Waals surface area contributed by atoms with Crippen LogP contribution in [-0.4, -0.2) is 84.0 Å². The van der Waals surface area contributed by atoms with E-state index < -0.39 is 69.1 Å². The van der Waals surface area contributed by atoms with Crippen molar-refractivity contribution in [1.29, 1.82) is 0 Å². The first-order valence-electron chi connectivity index (χ1n) is 14.0. The number of ether oxygens (including phenoxy) is 1. The van der Waals surface area contributed by atoms with Gasteiger partial charge >= 0.3 is 41.8 Å². The van der Waals surface area contributed by atoms with Crippen LogP contribution in [0.2, 0.25) is 0 Å². The zero-order valence-electron chi connectivity index (χ0n) is 25.1. The van der Waals surface area contributed by atoms with Crippen LogP contribution in [0, 0.1) is 17.8 Å². The number of carbonyl (C=O) groups is 4. The number of alkyl halides is 3. The van der Waals surface area contributed by atoms with Gasteiger partial charge in [0.25, 0.3) is 0 Å². The van der Waals surface area contributed by atoms with Crippen LogP contribution in [0.1, 0.15) is 50.7 Å². The maximum absolute atomic E-state index is 13.1. The zero-order valence-corrected chi connectivity index (χ0v) is 27.9. The van der Waals surface area contributed by atoms with Gasteiger partial charge in [-0.15, -0.1) is 0 Å². The average Bonchev–Trinajstić information content (AvgIpc) is 3.48. The van der Waals surface area contributed by atoms with Crippen LogP contribution in [-0.2, 0) is 42.0 Å². The molecular formula is C27H36F3N4NaO9S. The average molecular weight is 673 g/mol. The van der Waals surface area contributed by atoms with E-state index in [-0.39, 0.29) is 85.9 Å². The Balaban J connectivity index is 0.00000705. The number of amides is 4. The van der Waals surface area contributed by atoms with E-state index in [1.54, 1.807) is 13.8 Å². The summed E-state index contributed by atoms with van der Waals surface area (Å²) in [6.07, 6.45) is -5.54. The van der Waals surface area contributed by atoms with E-state index in [2.05, 4.69) is 16.0 Å². The smallest absolute Gasteiger partial charge is 0.746 e. The number of benzene rings is 1. The van der Waals surface area contributed by atoms with Crippen molar-refractivity contribution < 1.29 is 84.7 Å². The molecule has 13 nitrogen and oxygen atoms in total. The van der Waals surface area contributed by atoms with Crippen LogP contribution in [0.4, 0.5) is 18.0 Å². The van der Waals surface area contributed by atoms with Gasteiger partial charge < -0.3 is 35.2 Å². The van der Waals surface area contributed by atoms with E-state index in [9.17, 15) is 50.4 Å². The van der Waals surface area contributed by atoms with Gasteiger partial charge in [-0.3, -0.25) is 14.4 Å². The summed E-state index contributed by atoms with van der Waals surface area (Å²) >= 11 is 0. The second kappa shape index (κ2) is 16.4. The molecule has 1 aromatic rings.